The number of carboxylic acids is 2. The van der Waals surface area contributed by atoms with E-state index in [4.69, 9.17) is 15.5 Å². The van der Waals surface area contributed by atoms with Crippen molar-refractivity contribution in [3.8, 4) is 6.07 Å². The van der Waals surface area contributed by atoms with Crippen LogP contribution in [0.5, 0.6) is 0 Å². The molecule has 0 radical (unpaired) electrons. The Hall–Kier alpha value is -2.43. The van der Waals surface area contributed by atoms with Gasteiger partial charge in [-0.15, -0.1) is 0 Å². The van der Waals surface area contributed by atoms with Gasteiger partial charge in [0.1, 0.15) is 6.10 Å². The topological polar surface area (TPSA) is 139 Å². The fraction of sp³-hybridized carbons (Fsp3) is 0.250. The van der Waals surface area contributed by atoms with Crippen molar-refractivity contribution < 1.29 is 30.0 Å². The van der Waals surface area contributed by atoms with Crippen molar-refractivity contribution >= 4 is 11.9 Å². The number of hydrogen-bond donors (Lipinski definition) is 4. The van der Waals surface area contributed by atoms with Crippen LogP contribution < -0.4 is 0 Å². The van der Waals surface area contributed by atoms with Crippen LogP contribution in [0.25, 0.3) is 0 Å². The summed E-state index contributed by atoms with van der Waals surface area (Å²) in [5.74, 6) is -2.73. The summed E-state index contributed by atoms with van der Waals surface area (Å²) in [6, 6.07) is 4.76. The fourth-order valence-electron chi connectivity index (χ4n) is 1.54. The number of aliphatic hydroxyl groups excluding tert-OH is 2. The van der Waals surface area contributed by atoms with Crippen molar-refractivity contribution in [3.05, 3.63) is 34.9 Å². The van der Waals surface area contributed by atoms with Gasteiger partial charge in [0.25, 0.3) is 0 Å². The molecule has 2 unspecified atom stereocenters. The quantitative estimate of drug-likeness (QED) is 0.603. The predicted molar refractivity (Wildman–Crippen MR) is 61.6 cm³/mol. The molecule has 0 amide bonds. The van der Waals surface area contributed by atoms with Crippen LogP contribution in [0, 0.1) is 11.3 Å². The minimum Gasteiger partial charge on any atom is -0.478 e. The molecule has 0 saturated carbocycles. The lowest BCUT2D eigenvalue weighted by molar-refractivity contribution is 0.0205. The number of benzene rings is 1. The molecule has 1 aromatic rings. The number of carboxylic acid groups (broad SMARTS) is 2. The molecule has 100 valence electrons. The summed E-state index contributed by atoms with van der Waals surface area (Å²) < 4.78 is 0. The standard InChI is InChI=1S/C12H11NO6/c13-4-3-9(14)10(15)7-2-1-6(11(16)17)5-8(7)12(18)19/h1-2,5,9-10,14-15H,3H2,(H,16,17)(H,18,19). The van der Waals surface area contributed by atoms with Crippen molar-refractivity contribution in [1.29, 1.82) is 5.26 Å². The number of hydrogen-bond acceptors (Lipinski definition) is 5. The maximum atomic E-state index is 11.0. The van der Waals surface area contributed by atoms with Crippen molar-refractivity contribution in [2.75, 3.05) is 0 Å². The second-order valence-corrected chi connectivity index (χ2v) is 3.79. The first kappa shape index (κ1) is 14.6. The number of aromatic carboxylic acids is 2. The zero-order valence-electron chi connectivity index (χ0n) is 9.65. The van der Waals surface area contributed by atoms with Gasteiger partial charge in [0, 0.05) is 0 Å². The molecule has 2 atom stereocenters. The number of rotatable bonds is 5. The Morgan fingerprint density at radius 3 is 2.32 bits per heavy atom. The van der Waals surface area contributed by atoms with E-state index in [1.165, 1.54) is 0 Å². The lowest BCUT2D eigenvalue weighted by Gasteiger charge is -2.17. The van der Waals surface area contributed by atoms with Crippen LogP contribution in [-0.2, 0) is 0 Å². The monoisotopic (exact) mass is 265 g/mol. The Labute approximate surface area is 108 Å². The molecule has 0 fully saturated rings. The summed E-state index contributed by atoms with van der Waals surface area (Å²) in [4.78, 5) is 21.8. The van der Waals surface area contributed by atoms with Gasteiger partial charge < -0.3 is 20.4 Å². The van der Waals surface area contributed by atoms with Crippen molar-refractivity contribution in [3.63, 3.8) is 0 Å². The highest BCUT2D eigenvalue weighted by atomic mass is 16.4. The molecule has 19 heavy (non-hydrogen) atoms. The van der Waals surface area contributed by atoms with Gasteiger partial charge in [0.05, 0.1) is 29.7 Å². The summed E-state index contributed by atoms with van der Waals surface area (Å²) in [7, 11) is 0. The number of aliphatic hydroxyl groups is 2. The molecule has 0 aliphatic heterocycles. The number of carbonyl (C=O) groups is 2. The minimum absolute atomic E-state index is 0.139. The van der Waals surface area contributed by atoms with Gasteiger partial charge >= 0.3 is 11.9 Å². The molecule has 0 heterocycles. The summed E-state index contributed by atoms with van der Waals surface area (Å²) in [5.41, 5.74) is -0.812. The molecule has 0 aromatic heterocycles. The van der Waals surface area contributed by atoms with E-state index >= 15 is 0 Å². The third-order valence-corrected chi connectivity index (χ3v) is 2.51. The van der Waals surface area contributed by atoms with Gasteiger partial charge in [-0.2, -0.15) is 5.26 Å². The maximum absolute atomic E-state index is 11.0. The highest BCUT2D eigenvalue weighted by Crippen LogP contribution is 2.24. The Balaban J connectivity index is 3.24. The van der Waals surface area contributed by atoms with Crippen molar-refractivity contribution in [2.24, 2.45) is 0 Å². The number of nitriles is 1. The summed E-state index contributed by atoms with van der Waals surface area (Å²) in [5, 5.41) is 45.4. The second kappa shape index (κ2) is 5.95. The Bertz CT molecular complexity index is 548. The molecule has 0 spiro atoms. The first-order valence-electron chi connectivity index (χ1n) is 5.22. The van der Waals surface area contributed by atoms with E-state index in [1.807, 2.05) is 0 Å². The van der Waals surface area contributed by atoms with Crippen LogP contribution in [0.1, 0.15) is 38.8 Å². The van der Waals surface area contributed by atoms with Crippen molar-refractivity contribution in [2.45, 2.75) is 18.6 Å². The van der Waals surface area contributed by atoms with Crippen LogP contribution >= 0.6 is 0 Å². The first-order valence-corrected chi connectivity index (χ1v) is 5.22. The maximum Gasteiger partial charge on any atom is 0.336 e. The highest BCUT2D eigenvalue weighted by molar-refractivity contribution is 5.95. The molecule has 7 nitrogen and oxygen atoms in total. The van der Waals surface area contributed by atoms with E-state index in [-0.39, 0.29) is 17.5 Å². The van der Waals surface area contributed by atoms with Crippen LogP contribution in [0.2, 0.25) is 0 Å². The molecule has 0 saturated heterocycles. The zero-order valence-corrected chi connectivity index (χ0v) is 9.65. The molecule has 1 rings (SSSR count). The Morgan fingerprint density at radius 2 is 1.84 bits per heavy atom. The number of nitrogens with zero attached hydrogens (tertiary/aromatic N) is 1. The van der Waals surface area contributed by atoms with Gasteiger partial charge in [-0.25, -0.2) is 9.59 Å². The van der Waals surface area contributed by atoms with Crippen molar-refractivity contribution in [1.82, 2.24) is 0 Å². The van der Waals surface area contributed by atoms with E-state index < -0.39 is 29.7 Å². The smallest absolute Gasteiger partial charge is 0.336 e. The third kappa shape index (κ3) is 3.28. The second-order valence-electron chi connectivity index (χ2n) is 3.79. The SMILES string of the molecule is N#CCC(O)C(O)c1ccc(C(=O)O)cc1C(=O)O. The lowest BCUT2D eigenvalue weighted by atomic mass is 9.95. The normalized spacial score (nSPS) is 13.3. The average Bonchev–Trinajstić information content (AvgIpc) is 2.37. The molecular weight excluding hydrogens is 254 g/mol. The van der Waals surface area contributed by atoms with E-state index in [0.29, 0.717) is 0 Å². The van der Waals surface area contributed by atoms with E-state index in [1.54, 1.807) is 6.07 Å². The van der Waals surface area contributed by atoms with E-state index in [9.17, 15) is 19.8 Å². The molecule has 0 aliphatic rings. The third-order valence-electron chi connectivity index (χ3n) is 2.51. The fourth-order valence-corrected chi connectivity index (χ4v) is 1.54. The van der Waals surface area contributed by atoms with E-state index in [0.717, 1.165) is 18.2 Å². The van der Waals surface area contributed by atoms with E-state index in [2.05, 4.69) is 0 Å². The first-order chi connectivity index (χ1) is 8.88. The summed E-state index contributed by atoms with van der Waals surface area (Å²) in [6.07, 6.45) is -3.40. The molecular formula is C12H11NO6. The molecule has 4 N–H and O–H groups in total. The molecule has 1 aromatic carbocycles. The summed E-state index contributed by atoms with van der Waals surface area (Å²) >= 11 is 0. The summed E-state index contributed by atoms with van der Waals surface area (Å²) in [6.45, 7) is 0. The zero-order chi connectivity index (χ0) is 14.6. The van der Waals surface area contributed by atoms with Crippen LogP contribution in [-0.4, -0.2) is 38.5 Å². The predicted octanol–water partition coefficient (Wildman–Crippen LogP) is 0.391. The van der Waals surface area contributed by atoms with Gasteiger partial charge in [0.15, 0.2) is 0 Å². The van der Waals surface area contributed by atoms with Crippen LogP contribution in [0.15, 0.2) is 18.2 Å². The lowest BCUT2D eigenvalue weighted by Crippen LogP contribution is -2.20. The molecule has 0 bridgehead atoms. The van der Waals surface area contributed by atoms with Gasteiger partial charge in [-0.1, -0.05) is 6.07 Å². The van der Waals surface area contributed by atoms with Gasteiger partial charge in [0.2, 0.25) is 0 Å². The average molecular weight is 265 g/mol. The van der Waals surface area contributed by atoms with Crippen LogP contribution in [0.3, 0.4) is 0 Å². The highest BCUT2D eigenvalue weighted by Gasteiger charge is 2.24. The molecule has 7 heteroatoms. The largest absolute Gasteiger partial charge is 0.478 e. The minimum atomic E-state index is -1.58. The van der Waals surface area contributed by atoms with Crippen LogP contribution in [0.4, 0.5) is 0 Å². The Morgan fingerprint density at radius 1 is 1.21 bits per heavy atom. The van der Waals surface area contributed by atoms with Gasteiger partial charge in [-0.05, 0) is 17.7 Å². The van der Waals surface area contributed by atoms with Gasteiger partial charge in [-0.3, -0.25) is 0 Å². The Kier molecular flexibility index (Phi) is 4.58. The molecule has 0 aliphatic carbocycles.